The molecule has 0 saturated carbocycles. The third kappa shape index (κ3) is 456. The number of unbranched alkanes of at least 4 members (excludes halogenated alkanes) is 1. The second-order valence-corrected chi connectivity index (χ2v) is 1.25. The van der Waals surface area contributed by atoms with Crippen molar-refractivity contribution in [1.82, 2.24) is 6.15 Å². The first-order chi connectivity index (χ1) is 3.65. The van der Waals surface area contributed by atoms with Gasteiger partial charge in [0, 0.05) is 0 Å². The molecule has 0 aliphatic heterocycles. The molecule has 0 rings (SSSR count). The van der Waals surface area contributed by atoms with Crippen LogP contribution < -0.4 is 6.15 Å². The highest BCUT2D eigenvalue weighted by Crippen LogP contribution is 1.87. The summed E-state index contributed by atoms with van der Waals surface area (Å²) in [4.78, 5) is 0. The van der Waals surface area contributed by atoms with E-state index in [1.54, 1.807) is 0 Å². The largest absolute Gasteiger partial charge is 0.379 e. The monoisotopic (exact) mass is 145 g/mol. The van der Waals surface area contributed by atoms with Crippen molar-refractivity contribution in [3.8, 4) is 0 Å². The van der Waals surface area contributed by atoms with Gasteiger partial charge in [0.25, 0.3) is 0 Å². The van der Waals surface area contributed by atoms with Crippen molar-refractivity contribution >= 4 is 0 Å². The molecule has 0 aromatic rings. The molecule has 4 heteroatoms. The van der Waals surface area contributed by atoms with E-state index in [1.807, 2.05) is 0 Å². The normalized spacial score (nSPS) is 7.33. The van der Waals surface area contributed by atoms with Gasteiger partial charge in [-0.15, -0.1) is 0 Å². The molecule has 0 atom stereocenters. The van der Waals surface area contributed by atoms with E-state index >= 15 is 0 Å². The predicted octanol–water partition coefficient (Wildman–Crippen LogP) is 3.15. The fourth-order valence-electron chi connectivity index (χ4n) is 0. The summed E-state index contributed by atoms with van der Waals surface area (Å²) in [5, 5.41) is 0. The Morgan fingerprint density at radius 2 is 1.11 bits per heavy atom. The molecule has 0 aromatic carbocycles. The smallest absolute Gasteiger partial charge is 0.344 e. The lowest BCUT2D eigenvalue weighted by Gasteiger charge is -1.68. The minimum atomic E-state index is -3.67. The lowest BCUT2D eigenvalue weighted by Crippen LogP contribution is -1.65. The third-order valence-corrected chi connectivity index (χ3v) is 0.500. The predicted molar refractivity (Wildman–Crippen MR) is 32.7 cm³/mol. The van der Waals surface area contributed by atoms with Gasteiger partial charge in [-0.1, -0.05) is 26.7 Å². The van der Waals surface area contributed by atoms with E-state index in [1.165, 1.54) is 12.8 Å². The van der Waals surface area contributed by atoms with Crippen LogP contribution in [0.4, 0.5) is 13.2 Å². The molecule has 60 valence electrons. The van der Waals surface area contributed by atoms with Gasteiger partial charge in [-0.25, -0.2) is 0 Å². The fourth-order valence-corrected chi connectivity index (χ4v) is 0. The summed E-state index contributed by atoms with van der Waals surface area (Å²) in [6.07, 6.45) is 2.64. The maximum atomic E-state index is 9.67. The van der Waals surface area contributed by atoms with Crippen molar-refractivity contribution in [3.63, 3.8) is 0 Å². The first kappa shape index (κ1) is 15.9. The molecule has 0 aromatic heterocycles. The zero-order chi connectivity index (χ0) is 6.99. The molecule has 0 aliphatic carbocycles. The van der Waals surface area contributed by atoms with E-state index in [9.17, 15) is 13.2 Å². The molecule has 0 unspecified atom stereocenters. The van der Waals surface area contributed by atoms with Crippen LogP contribution in [0.25, 0.3) is 0 Å². The Morgan fingerprint density at radius 1 is 1.00 bits per heavy atom. The number of hydrogen-bond acceptors (Lipinski definition) is 1. The SMILES string of the molecule is CCCC.FC(F)F.N. The van der Waals surface area contributed by atoms with E-state index in [-0.39, 0.29) is 6.15 Å². The zero-order valence-corrected chi connectivity index (χ0v) is 5.83. The van der Waals surface area contributed by atoms with Crippen molar-refractivity contribution in [2.24, 2.45) is 0 Å². The van der Waals surface area contributed by atoms with Gasteiger partial charge >= 0.3 is 6.68 Å². The number of alkyl halides is 3. The maximum Gasteiger partial charge on any atom is 0.379 e. The van der Waals surface area contributed by atoms with Crippen LogP contribution >= 0.6 is 0 Å². The Kier molecular flexibility index (Phi) is 27.6. The standard InChI is InChI=1S/C4H10.CHF3.H3N/c1-3-4-2;2-1(3)4;/h3-4H2,1-2H3;1H;1H3. The van der Waals surface area contributed by atoms with Crippen molar-refractivity contribution in [3.05, 3.63) is 0 Å². The van der Waals surface area contributed by atoms with Gasteiger partial charge in [0.1, 0.15) is 0 Å². The second kappa shape index (κ2) is 15.7. The molecule has 0 spiro atoms. The molecule has 0 fully saturated rings. The number of halogens is 3. The second-order valence-electron chi connectivity index (χ2n) is 1.25. The first-order valence-corrected chi connectivity index (χ1v) is 2.57. The lowest BCUT2D eigenvalue weighted by molar-refractivity contribution is 0.00819. The van der Waals surface area contributed by atoms with Crippen molar-refractivity contribution in [2.75, 3.05) is 0 Å². The van der Waals surface area contributed by atoms with Gasteiger partial charge in [-0.05, 0) is 0 Å². The topological polar surface area (TPSA) is 35.0 Å². The lowest BCUT2D eigenvalue weighted by atomic mass is 10.4. The third-order valence-electron chi connectivity index (χ3n) is 0.500. The van der Waals surface area contributed by atoms with Gasteiger partial charge in [-0.2, -0.15) is 13.2 Å². The van der Waals surface area contributed by atoms with Gasteiger partial charge in [0.05, 0.1) is 0 Å². The zero-order valence-electron chi connectivity index (χ0n) is 5.83. The van der Waals surface area contributed by atoms with Gasteiger partial charge in [0.2, 0.25) is 0 Å². The minimum absolute atomic E-state index is 0. The molecule has 0 radical (unpaired) electrons. The van der Waals surface area contributed by atoms with E-state index in [0.717, 1.165) is 0 Å². The Bertz CT molecular complexity index is 28.6. The molecule has 0 amide bonds. The molecule has 9 heavy (non-hydrogen) atoms. The van der Waals surface area contributed by atoms with Crippen LogP contribution in [0.5, 0.6) is 0 Å². The van der Waals surface area contributed by atoms with Crippen LogP contribution in [-0.2, 0) is 0 Å². The van der Waals surface area contributed by atoms with Gasteiger partial charge in [-0.3, -0.25) is 0 Å². The van der Waals surface area contributed by atoms with E-state index in [0.29, 0.717) is 0 Å². The summed E-state index contributed by atoms with van der Waals surface area (Å²) in [5.74, 6) is 0. The molecule has 0 aliphatic rings. The van der Waals surface area contributed by atoms with Crippen LogP contribution in [0.15, 0.2) is 0 Å². The number of hydrogen-bond donors (Lipinski definition) is 1. The van der Waals surface area contributed by atoms with Crippen LogP contribution in [0.1, 0.15) is 26.7 Å². The summed E-state index contributed by atoms with van der Waals surface area (Å²) in [7, 11) is 0. The van der Waals surface area contributed by atoms with Crippen molar-refractivity contribution in [1.29, 1.82) is 0 Å². The van der Waals surface area contributed by atoms with Crippen LogP contribution in [-0.4, -0.2) is 6.68 Å². The fraction of sp³-hybridized carbons (Fsp3) is 1.00. The molecular formula is C5H14F3N. The van der Waals surface area contributed by atoms with E-state index < -0.39 is 6.68 Å². The molecular weight excluding hydrogens is 131 g/mol. The average Bonchev–Trinajstić information content (AvgIpc) is 1.65. The van der Waals surface area contributed by atoms with Crippen molar-refractivity contribution < 1.29 is 13.2 Å². The van der Waals surface area contributed by atoms with Gasteiger partial charge in [0.15, 0.2) is 0 Å². The van der Waals surface area contributed by atoms with Crippen molar-refractivity contribution in [2.45, 2.75) is 33.4 Å². The maximum absolute atomic E-state index is 9.67. The number of rotatable bonds is 1. The Labute approximate surface area is 53.8 Å². The minimum Gasteiger partial charge on any atom is -0.344 e. The molecule has 3 N–H and O–H groups in total. The van der Waals surface area contributed by atoms with Gasteiger partial charge < -0.3 is 6.15 Å². The summed E-state index contributed by atoms with van der Waals surface area (Å²) < 4.78 is 29.0. The summed E-state index contributed by atoms with van der Waals surface area (Å²) in [6, 6.07) is 0. The average molecular weight is 145 g/mol. The molecule has 0 saturated heterocycles. The van der Waals surface area contributed by atoms with E-state index in [2.05, 4.69) is 13.8 Å². The first-order valence-electron chi connectivity index (χ1n) is 2.57. The Hall–Kier alpha value is -0.250. The summed E-state index contributed by atoms with van der Waals surface area (Å²) in [6.45, 7) is 0.694. The van der Waals surface area contributed by atoms with E-state index in [4.69, 9.17) is 0 Å². The highest BCUT2D eigenvalue weighted by Gasteiger charge is 1.86. The molecule has 0 heterocycles. The summed E-state index contributed by atoms with van der Waals surface area (Å²) in [5.41, 5.74) is 0. The highest BCUT2D eigenvalue weighted by atomic mass is 19.4. The highest BCUT2D eigenvalue weighted by molar-refractivity contribution is 4.12. The molecule has 0 bridgehead atoms. The van der Waals surface area contributed by atoms with Crippen LogP contribution in [0.3, 0.4) is 0 Å². The Balaban J connectivity index is -0.0000000720. The Morgan fingerprint density at radius 3 is 1.11 bits per heavy atom. The summed E-state index contributed by atoms with van der Waals surface area (Å²) >= 11 is 0. The van der Waals surface area contributed by atoms with Crippen LogP contribution in [0.2, 0.25) is 0 Å². The van der Waals surface area contributed by atoms with Crippen LogP contribution in [0, 0.1) is 0 Å². The molecule has 1 nitrogen and oxygen atoms in total. The quantitative estimate of drug-likeness (QED) is 0.604.